The van der Waals surface area contributed by atoms with Crippen LogP contribution in [0.1, 0.15) is 18.4 Å². The summed E-state index contributed by atoms with van der Waals surface area (Å²) in [6, 6.07) is 7.70. The first-order chi connectivity index (χ1) is 7.70. The van der Waals surface area contributed by atoms with Gasteiger partial charge in [0.05, 0.1) is 7.11 Å². The van der Waals surface area contributed by atoms with E-state index in [0.717, 1.165) is 40.5 Å². The minimum atomic E-state index is 0.732. The number of ether oxygens (including phenoxy) is 1. The smallest absolute Gasteiger partial charge is 0.104 e. The number of halogens is 1. The highest BCUT2D eigenvalue weighted by Crippen LogP contribution is 2.30. The molecular formula is C13H14ClNO. The number of allylic oxidation sites excluding steroid dienone is 4. The molecule has 0 spiro atoms. The first-order valence-electron chi connectivity index (χ1n) is 5.20. The highest BCUT2D eigenvalue weighted by atomic mass is 35.5. The predicted octanol–water partition coefficient (Wildman–Crippen LogP) is 3.33. The minimum Gasteiger partial charge on any atom is -0.500 e. The van der Waals surface area contributed by atoms with E-state index in [1.54, 1.807) is 7.11 Å². The minimum absolute atomic E-state index is 0.732. The van der Waals surface area contributed by atoms with Crippen LogP contribution in [0, 0.1) is 0 Å². The fourth-order valence-corrected chi connectivity index (χ4v) is 1.94. The molecular weight excluding hydrogens is 222 g/mol. The molecule has 1 aliphatic carbocycles. The van der Waals surface area contributed by atoms with Gasteiger partial charge in [-0.25, -0.2) is 0 Å². The molecule has 0 saturated carbocycles. The zero-order chi connectivity index (χ0) is 11.5. The van der Waals surface area contributed by atoms with Gasteiger partial charge in [-0.05, 0) is 30.2 Å². The number of hydrogen-bond acceptors (Lipinski definition) is 2. The number of nitrogens with two attached hydrogens (primary N) is 1. The summed E-state index contributed by atoms with van der Waals surface area (Å²) in [7, 11) is 1.70. The first-order valence-corrected chi connectivity index (χ1v) is 5.57. The molecule has 2 nitrogen and oxygen atoms in total. The van der Waals surface area contributed by atoms with Gasteiger partial charge in [0.1, 0.15) is 5.76 Å². The molecule has 84 valence electrons. The van der Waals surface area contributed by atoms with E-state index in [9.17, 15) is 0 Å². The second-order valence-corrected chi connectivity index (χ2v) is 4.20. The summed E-state index contributed by atoms with van der Waals surface area (Å²) < 4.78 is 5.38. The Kier molecular flexibility index (Phi) is 3.20. The van der Waals surface area contributed by atoms with Gasteiger partial charge in [0.2, 0.25) is 0 Å². The zero-order valence-corrected chi connectivity index (χ0v) is 9.92. The number of hydrogen-bond donors (Lipinski definition) is 1. The van der Waals surface area contributed by atoms with Crippen molar-refractivity contribution in [3.05, 3.63) is 52.4 Å². The third-order valence-electron chi connectivity index (χ3n) is 2.67. The zero-order valence-electron chi connectivity index (χ0n) is 9.16. The van der Waals surface area contributed by atoms with Crippen molar-refractivity contribution >= 4 is 17.2 Å². The van der Waals surface area contributed by atoms with Crippen molar-refractivity contribution < 1.29 is 4.74 Å². The molecule has 1 aromatic carbocycles. The maximum Gasteiger partial charge on any atom is 0.104 e. The molecule has 0 bridgehead atoms. The highest BCUT2D eigenvalue weighted by molar-refractivity contribution is 6.30. The van der Waals surface area contributed by atoms with Crippen LogP contribution in [0.5, 0.6) is 0 Å². The summed E-state index contributed by atoms with van der Waals surface area (Å²) in [5, 5.41) is 0.732. The van der Waals surface area contributed by atoms with E-state index in [-0.39, 0.29) is 0 Å². The van der Waals surface area contributed by atoms with Gasteiger partial charge in [0.15, 0.2) is 0 Å². The molecule has 0 atom stereocenters. The van der Waals surface area contributed by atoms with Gasteiger partial charge < -0.3 is 10.5 Å². The largest absolute Gasteiger partial charge is 0.500 e. The average molecular weight is 236 g/mol. The SMILES string of the molecule is COC1=C(c2ccc(Cl)cc2)C=C(N)CC1. The Morgan fingerprint density at radius 2 is 1.88 bits per heavy atom. The van der Waals surface area contributed by atoms with Crippen LogP contribution in [0.15, 0.2) is 41.8 Å². The molecule has 0 saturated heterocycles. The second kappa shape index (κ2) is 4.62. The molecule has 0 aliphatic heterocycles. The second-order valence-electron chi connectivity index (χ2n) is 3.77. The van der Waals surface area contributed by atoms with Gasteiger partial charge in [-0.1, -0.05) is 23.7 Å². The van der Waals surface area contributed by atoms with E-state index in [1.807, 2.05) is 30.3 Å². The molecule has 0 aromatic heterocycles. The predicted molar refractivity (Wildman–Crippen MR) is 66.9 cm³/mol. The Balaban J connectivity index is 2.44. The molecule has 0 unspecified atom stereocenters. The molecule has 1 aromatic rings. The van der Waals surface area contributed by atoms with Crippen LogP contribution in [-0.4, -0.2) is 7.11 Å². The Labute approximate surface area is 100 Å². The molecule has 1 aliphatic rings. The maximum atomic E-state index is 5.86. The van der Waals surface area contributed by atoms with Crippen LogP contribution >= 0.6 is 11.6 Å². The van der Waals surface area contributed by atoms with Crippen LogP contribution in [-0.2, 0) is 4.74 Å². The summed E-state index contributed by atoms with van der Waals surface area (Å²) in [4.78, 5) is 0. The van der Waals surface area contributed by atoms with Crippen molar-refractivity contribution in [3.63, 3.8) is 0 Å². The van der Waals surface area contributed by atoms with Crippen LogP contribution in [0.4, 0.5) is 0 Å². The lowest BCUT2D eigenvalue weighted by atomic mass is 9.96. The quantitative estimate of drug-likeness (QED) is 0.854. The molecule has 2 N–H and O–H groups in total. The van der Waals surface area contributed by atoms with Crippen molar-refractivity contribution in [1.29, 1.82) is 0 Å². The molecule has 16 heavy (non-hydrogen) atoms. The van der Waals surface area contributed by atoms with Gasteiger partial charge in [-0.2, -0.15) is 0 Å². The molecule has 0 radical (unpaired) electrons. The normalized spacial score (nSPS) is 16.0. The van der Waals surface area contributed by atoms with Gasteiger partial charge >= 0.3 is 0 Å². The fourth-order valence-electron chi connectivity index (χ4n) is 1.82. The summed E-state index contributed by atoms with van der Waals surface area (Å²) in [5.41, 5.74) is 8.89. The van der Waals surface area contributed by atoms with Crippen molar-refractivity contribution in [3.8, 4) is 0 Å². The maximum absolute atomic E-state index is 5.86. The van der Waals surface area contributed by atoms with E-state index in [0.29, 0.717) is 0 Å². The Bertz CT molecular complexity index is 446. The molecule has 3 heteroatoms. The third-order valence-corrected chi connectivity index (χ3v) is 2.92. The lowest BCUT2D eigenvalue weighted by molar-refractivity contribution is 0.278. The Hall–Kier alpha value is -1.41. The lowest BCUT2D eigenvalue weighted by Gasteiger charge is -2.17. The number of rotatable bonds is 2. The first kappa shape index (κ1) is 11.1. The third kappa shape index (κ3) is 2.22. The average Bonchev–Trinajstić information content (AvgIpc) is 2.30. The Morgan fingerprint density at radius 1 is 1.19 bits per heavy atom. The van der Waals surface area contributed by atoms with E-state index in [4.69, 9.17) is 22.1 Å². The van der Waals surface area contributed by atoms with Crippen molar-refractivity contribution in [1.82, 2.24) is 0 Å². The van der Waals surface area contributed by atoms with E-state index in [1.165, 1.54) is 0 Å². The Morgan fingerprint density at radius 3 is 2.50 bits per heavy atom. The van der Waals surface area contributed by atoms with E-state index < -0.39 is 0 Å². The highest BCUT2D eigenvalue weighted by Gasteiger charge is 2.13. The van der Waals surface area contributed by atoms with Crippen LogP contribution in [0.25, 0.3) is 5.57 Å². The standard InChI is InChI=1S/C13H14ClNO/c1-16-13-7-6-11(15)8-12(13)9-2-4-10(14)5-3-9/h2-5,8H,6-7,15H2,1H3. The lowest BCUT2D eigenvalue weighted by Crippen LogP contribution is -2.06. The van der Waals surface area contributed by atoms with E-state index >= 15 is 0 Å². The van der Waals surface area contributed by atoms with Crippen LogP contribution in [0.3, 0.4) is 0 Å². The van der Waals surface area contributed by atoms with Gasteiger partial charge in [-0.3, -0.25) is 0 Å². The number of methoxy groups -OCH3 is 1. The van der Waals surface area contributed by atoms with E-state index in [2.05, 4.69) is 0 Å². The molecule has 0 amide bonds. The molecule has 0 heterocycles. The van der Waals surface area contributed by atoms with Gasteiger partial charge in [0.25, 0.3) is 0 Å². The van der Waals surface area contributed by atoms with Crippen molar-refractivity contribution in [2.45, 2.75) is 12.8 Å². The summed E-state index contributed by atoms with van der Waals surface area (Å²) in [6.45, 7) is 0. The fraction of sp³-hybridized carbons (Fsp3) is 0.231. The molecule has 2 rings (SSSR count). The van der Waals surface area contributed by atoms with Crippen molar-refractivity contribution in [2.75, 3.05) is 7.11 Å². The number of benzene rings is 1. The topological polar surface area (TPSA) is 35.2 Å². The molecule has 0 fully saturated rings. The van der Waals surface area contributed by atoms with Crippen LogP contribution in [0.2, 0.25) is 5.02 Å². The summed E-state index contributed by atoms with van der Waals surface area (Å²) in [6.07, 6.45) is 3.70. The summed E-state index contributed by atoms with van der Waals surface area (Å²) >= 11 is 5.86. The van der Waals surface area contributed by atoms with Crippen LogP contribution < -0.4 is 5.73 Å². The van der Waals surface area contributed by atoms with Crippen molar-refractivity contribution in [2.24, 2.45) is 5.73 Å². The van der Waals surface area contributed by atoms with Gasteiger partial charge in [0, 0.05) is 22.7 Å². The monoisotopic (exact) mass is 235 g/mol. The summed E-state index contributed by atoms with van der Waals surface area (Å²) in [5.74, 6) is 0.983. The van der Waals surface area contributed by atoms with Gasteiger partial charge in [-0.15, -0.1) is 0 Å².